The van der Waals surface area contributed by atoms with E-state index >= 15 is 0 Å². The van der Waals surface area contributed by atoms with Gasteiger partial charge in [0.05, 0.1) is 25.8 Å². The summed E-state index contributed by atoms with van der Waals surface area (Å²) in [5.74, 6) is -0.152. The minimum atomic E-state index is -0.594. The van der Waals surface area contributed by atoms with Gasteiger partial charge in [-0.25, -0.2) is 4.79 Å². The molecule has 1 aromatic rings. The molecule has 1 spiro atoms. The van der Waals surface area contributed by atoms with E-state index < -0.39 is 11.7 Å². The largest absolute Gasteiger partial charge is 0.439 e. The third kappa shape index (κ3) is 3.65. The number of aromatic nitrogens is 3. The van der Waals surface area contributed by atoms with Crippen LogP contribution in [0.5, 0.6) is 0 Å². The van der Waals surface area contributed by atoms with Crippen molar-refractivity contribution in [3.63, 3.8) is 0 Å². The first-order valence-electron chi connectivity index (χ1n) is 9.23. The highest BCUT2D eigenvalue weighted by molar-refractivity contribution is 5.92. The monoisotopic (exact) mass is 363 g/mol. The SMILES string of the molecule is O=C1NC[C@]2(CCCN(C(=O)c3cn(CCN4CCNCC4)nn3)C2)O1. The third-order valence-corrected chi connectivity index (χ3v) is 5.30. The van der Waals surface area contributed by atoms with E-state index in [9.17, 15) is 9.59 Å². The molecule has 10 heteroatoms. The molecule has 0 aromatic carbocycles. The molecule has 1 atom stereocenters. The summed E-state index contributed by atoms with van der Waals surface area (Å²) in [7, 11) is 0. The molecule has 3 saturated heterocycles. The average molecular weight is 363 g/mol. The van der Waals surface area contributed by atoms with Crippen LogP contribution >= 0.6 is 0 Å². The van der Waals surface area contributed by atoms with Crippen LogP contribution < -0.4 is 10.6 Å². The normalized spacial score (nSPS) is 26.8. The summed E-state index contributed by atoms with van der Waals surface area (Å²) in [6.45, 7) is 7.19. The van der Waals surface area contributed by atoms with E-state index in [0.29, 0.717) is 31.9 Å². The number of amides is 2. The number of piperazine rings is 1. The number of ether oxygens (including phenoxy) is 1. The first-order chi connectivity index (χ1) is 12.6. The molecule has 10 nitrogen and oxygen atoms in total. The molecule has 4 heterocycles. The highest BCUT2D eigenvalue weighted by Gasteiger charge is 2.45. The molecule has 2 N–H and O–H groups in total. The second kappa shape index (κ2) is 7.20. The lowest BCUT2D eigenvalue weighted by Gasteiger charge is -2.37. The Labute approximate surface area is 151 Å². The van der Waals surface area contributed by atoms with Crippen LogP contribution in [-0.4, -0.2) is 94.8 Å². The smallest absolute Gasteiger partial charge is 0.407 e. The minimum absolute atomic E-state index is 0.152. The van der Waals surface area contributed by atoms with Crippen molar-refractivity contribution in [2.75, 3.05) is 52.4 Å². The number of carbonyl (C=O) groups is 2. The lowest BCUT2D eigenvalue weighted by molar-refractivity contribution is -0.00524. The zero-order valence-corrected chi connectivity index (χ0v) is 14.8. The molecule has 0 saturated carbocycles. The first kappa shape index (κ1) is 17.2. The third-order valence-electron chi connectivity index (χ3n) is 5.30. The van der Waals surface area contributed by atoms with Gasteiger partial charge in [0.25, 0.3) is 5.91 Å². The average Bonchev–Trinajstić information content (AvgIpc) is 3.27. The van der Waals surface area contributed by atoms with Crippen LogP contribution in [0, 0.1) is 0 Å². The van der Waals surface area contributed by atoms with Crippen molar-refractivity contribution in [1.29, 1.82) is 0 Å². The Bertz CT molecular complexity index is 673. The van der Waals surface area contributed by atoms with Crippen molar-refractivity contribution < 1.29 is 14.3 Å². The number of nitrogens with zero attached hydrogens (tertiary/aromatic N) is 5. The molecule has 142 valence electrons. The molecule has 0 aliphatic carbocycles. The summed E-state index contributed by atoms with van der Waals surface area (Å²) in [4.78, 5) is 28.3. The van der Waals surface area contributed by atoms with Crippen LogP contribution in [0.25, 0.3) is 0 Å². The predicted molar refractivity (Wildman–Crippen MR) is 91.7 cm³/mol. The highest BCUT2D eigenvalue weighted by Crippen LogP contribution is 2.28. The number of likely N-dealkylation sites (tertiary alicyclic amines) is 1. The topological polar surface area (TPSA) is 105 Å². The molecule has 3 aliphatic heterocycles. The van der Waals surface area contributed by atoms with Gasteiger partial charge in [-0.05, 0) is 12.8 Å². The first-order valence-corrected chi connectivity index (χ1v) is 9.23. The number of hydrogen-bond acceptors (Lipinski definition) is 7. The number of hydrogen-bond donors (Lipinski definition) is 2. The summed E-state index contributed by atoms with van der Waals surface area (Å²) in [5.41, 5.74) is -0.247. The number of piperidine rings is 1. The van der Waals surface area contributed by atoms with Crippen molar-refractivity contribution in [3.05, 3.63) is 11.9 Å². The van der Waals surface area contributed by atoms with Crippen LogP contribution in [0.4, 0.5) is 4.79 Å². The zero-order chi connectivity index (χ0) is 18.0. The summed E-state index contributed by atoms with van der Waals surface area (Å²) >= 11 is 0. The van der Waals surface area contributed by atoms with E-state index in [2.05, 4.69) is 25.8 Å². The Hall–Kier alpha value is -2.20. The Morgan fingerprint density at radius 2 is 2.12 bits per heavy atom. The summed E-state index contributed by atoms with van der Waals surface area (Å²) in [6.07, 6.45) is 2.88. The second-order valence-electron chi connectivity index (χ2n) is 7.21. The van der Waals surface area contributed by atoms with Crippen LogP contribution in [-0.2, 0) is 11.3 Å². The van der Waals surface area contributed by atoms with Crippen molar-refractivity contribution in [1.82, 2.24) is 35.4 Å². The van der Waals surface area contributed by atoms with Gasteiger partial charge in [0.15, 0.2) is 5.69 Å². The molecular weight excluding hydrogens is 338 g/mol. The lowest BCUT2D eigenvalue weighted by atomic mass is 9.93. The van der Waals surface area contributed by atoms with Gasteiger partial charge >= 0.3 is 6.09 Å². The fourth-order valence-electron chi connectivity index (χ4n) is 3.85. The molecule has 3 fully saturated rings. The van der Waals surface area contributed by atoms with Gasteiger partial charge in [-0.2, -0.15) is 0 Å². The second-order valence-corrected chi connectivity index (χ2v) is 7.21. The number of nitrogens with one attached hydrogen (secondary N) is 2. The van der Waals surface area contributed by atoms with Crippen molar-refractivity contribution in [2.45, 2.75) is 25.0 Å². The van der Waals surface area contributed by atoms with Gasteiger partial charge in [0, 0.05) is 39.3 Å². The molecule has 4 rings (SSSR count). The maximum absolute atomic E-state index is 12.8. The van der Waals surface area contributed by atoms with Gasteiger partial charge in [0.2, 0.25) is 0 Å². The molecule has 26 heavy (non-hydrogen) atoms. The minimum Gasteiger partial charge on any atom is -0.439 e. The highest BCUT2D eigenvalue weighted by atomic mass is 16.6. The van der Waals surface area contributed by atoms with Gasteiger partial charge in [-0.1, -0.05) is 5.21 Å². The van der Waals surface area contributed by atoms with E-state index in [1.54, 1.807) is 15.8 Å². The molecule has 0 unspecified atom stereocenters. The fraction of sp³-hybridized carbons (Fsp3) is 0.750. The quantitative estimate of drug-likeness (QED) is 0.699. The lowest BCUT2D eigenvalue weighted by Crippen LogP contribution is -2.52. The standard InChI is InChI=1S/C16H25N7O3/c24-14(22-5-1-2-16(12-22)11-18-15(25)26-16)13-10-23(20-19-13)9-8-21-6-3-17-4-7-21/h10,17H,1-9,11-12H2,(H,18,25)/t16-/m0/s1. The Morgan fingerprint density at radius 1 is 1.27 bits per heavy atom. The van der Waals surface area contributed by atoms with E-state index in [4.69, 9.17) is 4.74 Å². The number of alkyl carbamates (subject to hydrolysis) is 1. The van der Waals surface area contributed by atoms with Crippen LogP contribution in [0.15, 0.2) is 6.20 Å². The summed E-state index contributed by atoms with van der Waals surface area (Å²) in [5, 5.41) is 14.2. The number of carbonyl (C=O) groups excluding carboxylic acids is 2. The van der Waals surface area contributed by atoms with Crippen molar-refractivity contribution in [2.24, 2.45) is 0 Å². The summed E-state index contributed by atoms with van der Waals surface area (Å²) in [6, 6.07) is 0. The predicted octanol–water partition coefficient (Wildman–Crippen LogP) is -1.10. The Morgan fingerprint density at radius 3 is 2.88 bits per heavy atom. The van der Waals surface area contributed by atoms with E-state index in [0.717, 1.165) is 45.6 Å². The van der Waals surface area contributed by atoms with Gasteiger partial charge in [0.1, 0.15) is 5.60 Å². The van der Waals surface area contributed by atoms with Crippen LogP contribution in [0.3, 0.4) is 0 Å². The molecule has 0 bridgehead atoms. The molecule has 2 amide bonds. The molecule has 0 radical (unpaired) electrons. The summed E-state index contributed by atoms with van der Waals surface area (Å²) < 4.78 is 7.15. The fourth-order valence-corrected chi connectivity index (χ4v) is 3.85. The van der Waals surface area contributed by atoms with Crippen molar-refractivity contribution in [3.8, 4) is 0 Å². The van der Waals surface area contributed by atoms with Gasteiger partial charge in [-0.3, -0.25) is 14.4 Å². The maximum atomic E-state index is 12.8. The van der Waals surface area contributed by atoms with Crippen molar-refractivity contribution >= 4 is 12.0 Å². The van der Waals surface area contributed by atoms with Crippen LogP contribution in [0.2, 0.25) is 0 Å². The van der Waals surface area contributed by atoms with Crippen LogP contribution in [0.1, 0.15) is 23.3 Å². The molecule has 3 aliphatic rings. The van der Waals surface area contributed by atoms with E-state index in [-0.39, 0.29) is 5.91 Å². The van der Waals surface area contributed by atoms with E-state index in [1.807, 2.05) is 0 Å². The maximum Gasteiger partial charge on any atom is 0.407 e. The number of rotatable bonds is 4. The zero-order valence-electron chi connectivity index (χ0n) is 14.8. The molecular formula is C16H25N7O3. The van der Waals surface area contributed by atoms with Gasteiger partial charge in [-0.15, -0.1) is 5.10 Å². The Balaban J connectivity index is 1.34. The molecule has 1 aromatic heterocycles. The van der Waals surface area contributed by atoms with E-state index in [1.165, 1.54) is 0 Å². The van der Waals surface area contributed by atoms with Gasteiger partial charge < -0.3 is 20.3 Å². The Kier molecular flexibility index (Phi) is 4.77.